The number of amides is 2. The van der Waals surface area contributed by atoms with Crippen LogP contribution < -0.4 is 10.6 Å². The zero-order valence-corrected chi connectivity index (χ0v) is 16.5. The lowest BCUT2D eigenvalue weighted by molar-refractivity contribution is 0.101. The number of hydrogen-bond donors (Lipinski definition) is 2. The molecule has 2 fully saturated rings. The summed E-state index contributed by atoms with van der Waals surface area (Å²) in [6.07, 6.45) is 4.09. The van der Waals surface area contributed by atoms with E-state index in [1.807, 2.05) is 12.1 Å². The average molecular weight is 395 g/mol. The summed E-state index contributed by atoms with van der Waals surface area (Å²) in [5.41, 5.74) is 2.32. The van der Waals surface area contributed by atoms with Crippen molar-refractivity contribution in [2.24, 2.45) is 0 Å². The molecule has 5 nitrogen and oxygen atoms in total. The molecule has 2 aliphatic rings. The molecule has 2 aromatic rings. The third kappa shape index (κ3) is 4.65. The number of carbonyl (C=O) groups is 2. The summed E-state index contributed by atoms with van der Waals surface area (Å²) in [6.45, 7) is 2.33. The lowest BCUT2D eigenvalue weighted by atomic mass is 9.96. The average Bonchev–Trinajstić information content (AvgIpc) is 2.92. The minimum Gasteiger partial charge on any atom is -0.335 e. The molecule has 2 amide bonds. The van der Waals surface area contributed by atoms with Crippen LogP contribution in [0.1, 0.15) is 48.5 Å². The first-order valence-corrected chi connectivity index (χ1v) is 10.2. The number of Topliss-reactive ketones (excluding diaryl/α,β-unsaturated/α-hetero) is 1. The Hall–Kier alpha value is -2.73. The highest BCUT2D eigenvalue weighted by Crippen LogP contribution is 2.36. The zero-order chi connectivity index (χ0) is 20.4. The Balaban J connectivity index is 1.33. The molecular formula is C23H26FN3O2. The second-order valence-electron chi connectivity index (χ2n) is 8.09. The fourth-order valence-corrected chi connectivity index (χ4v) is 4.62. The number of piperidine rings is 1. The number of nitrogens with one attached hydrogen (secondary N) is 2. The van der Waals surface area contributed by atoms with Crippen molar-refractivity contribution in [3.05, 3.63) is 65.5 Å². The number of benzene rings is 2. The molecule has 2 N–H and O–H groups in total. The zero-order valence-electron chi connectivity index (χ0n) is 16.5. The number of anilines is 1. The van der Waals surface area contributed by atoms with Crippen molar-refractivity contribution >= 4 is 17.5 Å². The van der Waals surface area contributed by atoms with Gasteiger partial charge in [0, 0.05) is 35.9 Å². The maximum atomic E-state index is 13.1. The summed E-state index contributed by atoms with van der Waals surface area (Å²) in [5, 5.41) is 5.94. The molecule has 3 atom stereocenters. The first kappa shape index (κ1) is 19.6. The number of fused-ring (bicyclic) bond motifs is 2. The molecule has 0 aliphatic carbocycles. The van der Waals surface area contributed by atoms with E-state index in [4.69, 9.17) is 0 Å². The topological polar surface area (TPSA) is 61.4 Å². The number of rotatable bonds is 5. The Morgan fingerprint density at radius 1 is 1.07 bits per heavy atom. The first-order valence-electron chi connectivity index (χ1n) is 10.2. The lowest BCUT2D eigenvalue weighted by Crippen LogP contribution is -2.50. The van der Waals surface area contributed by atoms with Crippen LogP contribution in [0.25, 0.3) is 0 Å². The number of urea groups is 1. The standard InChI is InChI=1S/C23H26FN3O2/c1-15(28)17-3-2-4-19(11-17)25-23(29)26-20-12-21-9-10-22(13-20)27(21)14-16-5-7-18(24)8-6-16/h2-8,11,20-22H,9-10,12-14H2,1H3,(H2,25,26,29)/t20?,21-,22+. The fraction of sp³-hybridized carbons (Fsp3) is 0.391. The second kappa shape index (κ2) is 8.33. The van der Waals surface area contributed by atoms with Crippen LogP contribution >= 0.6 is 0 Å². The Morgan fingerprint density at radius 2 is 1.76 bits per heavy atom. The van der Waals surface area contributed by atoms with Gasteiger partial charge in [0.25, 0.3) is 0 Å². The predicted octanol–water partition coefficient (Wildman–Crippen LogP) is 4.35. The molecule has 0 radical (unpaired) electrons. The van der Waals surface area contributed by atoms with Gasteiger partial charge in [-0.3, -0.25) is 9.69 Å². The van der Waals surface area contributed by atoms with Gasteiger partial charge in [-0.2, -0.15) is 0 Å². The van der Waals surface area contributed by atoms with Crippen molar-refractivity contribution in [3.63, 3.8) is 0 Å². The van der Waals surface area contributed by atoms with E-state index in [2.05, 4.69) is 15.5 Å². The number of ketones is 1. The van der Waals surface area contributed by atoms with Crippen molar-refractivity contribution in [2.45, 2.75) is 57.3 Å². The van der Waals surface area contributed by atoms with Gasteiger partial charge in [-0.15, -0.1) is 0 Å². The molecule has 2 saturated heterocycles. The van der Waals surface area contributed by atoms with Crippen molar-refractivity contribution in [2.75, 3.05) is 5.32 Å². The molecule has 1 unspecified atom stereocenters. The van der Waals surface area contributed by atoms with Gasteiger partial charge in [0.2, 0.25) is 0 Å². The molecule has 6 heteroatoms. The third-order valence-electron chi connectivity index (χ3n) is 6.02. The Morgan fingerprint density at radius 3 is 2.41 bits per heavy atom. The van der Waals surface area contributed by atoms with Crippen molar-refractivity contribution < 1.29 is 14.0 Å². The quantitative estimate of drug-likeness (QED) is 0.740. The van der Waals surface area contributed by atoms with Gasteiger partial charge in [-0.05, 0) is 62.4 Å². The van der Waals surface area contributed by atoms with Gasteiger partial charge in [-0.25, -0.2) is 9.18 Å². The third-order valence-corrected chi connectivity index (χ3v) is 6.02. The van der Waals surface area contributed by atoms with Crippen LogP contribution in [0.3, 0.4) is 0 Å². The van der Waals surface area contributed by atoms with E-state index in [0.29, 0.717) is 23.3 Å². The number of halogens is 1. The SMILES string of the molecule is CC(=O)c1cccc(NC(=O)NC2C[C@H]3CC[C@@H](C2)N3Cc2ccc(F)cc2)c1. The molecule has 0 spiro atoms. The van der Waals surface area contributed by atoms with Crippen molar-refractivity contribution in [1.82, 2.24) is 10.2 Å². The second-order valence-corrected chi connectivity index (χ2v) is 8.09. The van der Waals surface area contributed by atoms with E-state index in [1.54, 1.807) is 24.3 Å². The minimum absolute atomic E-state index is 0.0286. The molecule has 2 aliphatic heterocycles. The largest absolute Gasteiger partial charge is 0.335 e. The van der Waals surface area contributed by atoms with Gasteiger partial charge in [0.15, 0.2) is 5.78 Å². The van der Waals surface area contributed by atoms with Crippen LogP contribution in [0.15, 0.2) is 48.5 Å². The number of hydrogen-bond acceptors (Lipinski definition) is 3. The number of carbonyl (C=O) groups excluding carboxylic acids is 2. The van der Waals surface area contributed by atoms with E-state index >= 15 is 0 Å². The van der Waals surface area contributed by atoms with E-state index < -0.39 is 0 Å². The molecule has 4 rings (SSSR count). The summed E-state index contributed by atoms with van der Waals surface area (Å²) in [7, 11) is 0. The van der Waals surface area contributed by atoms with Gasteiger partial charge < -0.3 is 10.6 Å². The summed E-state index contributed by atoms with van der Waals surface area (Å²) < 4.78 is 13.1. The maximum Gasteiger partial charge on any atom is 0.319 e. The van der Waals surface area contributed by atoms with E-state index in [9.17, 15) is 14.0 Å². The van der Waals surface area contributed by atoms with Gasteiger partial charge in [-0.1, -0.05) is 24.3 Å². The van der Waals surface area contributed by atoms with Gasteiger partial charge in [0.05, 0.1) is 0 Å². The summed E-state index contributed by atoms with van der Waals surface area (Å²) in [4.78, 5) is 26.4. The van der Waals surface area contributed by atoms with E-state index in [-0.39, 0.29) is 23.7 Å². The Bertz CT molecular complexity index is 885. The van der Waals surface area contributed by atoms with Crippen LogP contribution in [-0.4, -0.2) is 34.8 Å². The van der Waals surface area contributed by atoms with Gasteiger partial charge >= 0.3 is 6.03 Å². The molecule has 0 aromatic heterocycles. The monoisotopic (exact) mass is 395 g/mol. The fourth-order valence-electron chi connectivity index (χ4n) is 4.62. The van der Waals surface area contributed by atoms with Crippen LogP contribution in [0.4, 0.5) is 14.9 Å². The summed E-state index contributed by atoms with van der Waals surface area (Å²) in [6, 6.07) is 14.5. The maximum absolute atomic E-state index is 13.1. The predicted molar refractivity (Wildman–Crippen MR) is 110 cm³/mol. The van der Waals surface area contributed by atoms with Crippen LogP contribution in [0.5, 0.6) is 0 Å². The Kier molecular flexibility index (Phi) is 5.62. The summed E-state index contributed by atoms with van der Waals surface area (Å²) in [5.74, 6) is -0.237. The van der Waals surface area contributed by atoms with Crippen molar-refractivity contribution in [3.8, 4) is 0 Å². The van der Waals surface area contributed by atoms with Gasteiger partial charge in [0.1, 0.15) is 5.82 Å². The first-order chi connectivity index (χ1) is 14.0. The molecule has 2 aromatic carbocycles. The highest BCUT2D eigenvalue weighted by molar-refractivity contribution is 5.96. The Labute approximate surface area is 170 Å². The molecule has 0 saturated carbocycles. The molecule has 2 bridgehead atoms. The molecule has 2 heterocycles. The normalized spacial score (nSPS) is 23.6. The van der Waals surface area contributed by atoms with E-state index in [1.165, 1.54) is 19.1 Å². The highest BCUT2D eigenvalue weighted by Gasteiger charge is 2.40. The minimum atomic E-state index is -0.234. The molecule has 152 valence electrons. The molecule has 29 heavy (non-hydrogen) atoms. The lowest BCUT2D eigenvalue weighted by Gasteiger charge is -2.39. The van der Waals surface area contributed by atoms with Crippen LogP contribution in [0.2, 0.25) is 0 Å². The van der Waals surface area contributed by atoms with Crippen LogP contribution in [0, 0.1) is 5.82 Å². The van der Waals surface area contributed by atoms with E-state index in [0.717, 1.165) is 37.8 Å². The van der Waals surface area contributed by atoms with Crippen LogP contribution in [-0.2, 0) is 6.54 Å². The highest BCUT2D eigenvalue weighted by atomic mass is 19.1. The van der Waals surface area contributed by atoms with Crippen molar-refractivity contribution in [1.29, 1.82) is 0 Å². The molecular weight excluding hydrogens is 369 g/mol. The smallest absolute Gasteiger partial charge is 0.319 e. The number of nitrogens with zero attached hydrogens (tertiary/aromatic N) is 1. The summed E-state index contributed by atoms with van der Waals surface area (Å²) >= 11 is 0.